The lowest BCUT2D eigenvalue weighted by Gasteiger charge is -2.21. The van der Waals surface area contributed by atoms with Crippen LogP contribution in [0.2, 0.25) is 0 Å². The summed E-state index contributed by atoms with van der Waals surface area (Å²) in [5.41, 5.74) is 4.44. The van der Waals surface area contributed by atoms with Gasteiger partial charge in [-0.3, -0.25) is 4.98 Å². The van der Waals surface area contributed by atoms with Gasteiger partial charge in [-0.15, -0.1) is 11.8 Å². The highest BCUT2D eigenvalue weighted by Crippen LogP contribution is 2.30. The van der Waals surface area contributed by atoms with Crippen molar-refractivity contribution in [3.63, 3.8) is 0 Å². The van der Waals surface area contributed by atoms with Crippen molar-refractivity contribution < 1.29 is 14.1 Å². The van der Waals surface area contributed by atoms with Gasteiger partial charge in [0.15, 0.2) is 0 Å². The largest absolute Gasteiger partial charge is 0.386 e. The average Bonchev–Trinajstić information content (AvgIpc) is 2.60. The molecule has 1 atom stereocenters. The second-order valence-corrected chi connectivity index (χ2v) is 12.1. The van der Waals surface area contributed by atoms with Crippen LogP contribution >= 0.6 is 11.8 Å². The molecule has 0 spiro atoms. The lowest BCUT2D eigenvalue weighted by Crippen LogP contribution is -2.20. The van der Waals surface area contributed by atoms with Crippen LogP contribution in [-0.2, 0) is 27.7 Å². The van der Waals surface area contributed by atoms with Crippen molar-refractivity contribution in [2.75, 3.05) is 12.2 Å². The number of pyridine rings is 1. The highest BCUT2D eigenvalue weighted by molar-refractivity contribution is 8.14. The molecule has 0 fully saturated rings. The number of aliphatic hydroxyl groups is 1. The van der Waals surface area contributed by atoms with Crippen molar-refractivity contribution in [3.05, 3.63) is 51.8 Å². The van der Waals surface area contributed by atoms with Crippen LogP contribution in [0.1, 0.15) is 82.8 Å². The Hall–Kier alpha value is -1.19. The van der Waals surface area contributed by atoms with Gasteiger partial charge in [0.2, 0.25) is 0 Å². The highest BCUT2D eigenvalue weighted by atomic mass is 32.3. The third kappa shape index (κ3) is 9.06. The monoisotopic (exact) mass is 469 g/mol. The van der Waals surface area contributed by atoms with Crippen molar-refractivity contribution in [2.45, 2.75) is 78.9 Å². The van der Waals surface area contributed by atoms with Gasteiger partial charge in [0, 0.05) is 24.9 Å². The molecule has 0 radical (unpaired) electrons. The van der Waals surface area contributed by atoms with Crippen LogP contribution in [0.4, 0.5) is 0 Å². The first-order valence-electron chi connectivity index (χ1n) is 10.4. The smallest absolute Gasteiger partial charge is 0.119 e. The van der Waals surface area contributed by atoms with Crippen molar-refractivity contribution in [1.82, 2.24) is 4.98 Å². The van der Waals surface area contributed by atoms with E-state index in [1.54, 1.807) is 26.4 Å². The van der Waals surface area contributed by atoms with Crippen LogP contribution in [-0.4, -0.2) is 32.1 Å². The van der Waals surface area contributed by atoms with Crippen LogP contribution < -0.4 is 5.14 Å². The molecule has 1 rings (SSSR count). The number of nitrogens with zero attached hydrogens (tertiary/aromatic N) is 2. The zero-order valence-electron chi connectivity index (χ0n) is 20.2. The summed E-state index contributed by atoms with van der Waals surface area (Å²) < 4.78 is 22.4. The van der Waals surface area contributed by atoms with Crippen molar-refractivity contribution >= 4 is 21.7 Å². The van der Waals surface area contributed by atoms with E-state index in [-0.39, 0.29) is 16.9 Å². The average molecular weight is 470 g/mol. The van der Waals surface area contributed by atoms with E-state index in [0.717, 1.165) is 22.5 Å². The Kier molecular flexibility index (Phi) is 10.4. The van der Waals surface area contributed by atoms with Gasteiger partial charge in [-0.1, -0.05) is 34.3 Å². The standard InChI is InChI=1S/C23H39N3O3S2/c1-15(2)20-11-19(12-29-9)25-22(16(3)4)21(20)10-18(6)26-31(24,28)14-30-13-17(5)23(7,8)27/h11,13,15-16,27H,6,10,12,14H2,1-5,7-9H3,(H2,24,26,28)/b17-13+. The fourth-order valence-electron chi connectivity index (χ4n) is 2.96. The minimum atomic E-state index is -2.95. The molecule has 176 valence electrons. The summed E-state index contributed by atoms with van der Waals surface area (Å²) in [6.07, 6.45) is 0.443. The van der Waals surface area contributed by atoms with Crippen LogP contribution in [0.5, 0.6) is 0 Å². The maximum Gasteiger partial charge on any atom is 0.119 e. The molecule has 0 aromatic carbocycles. The number of hydrogen-bond donors (Lipinski definition) is 2. The predicted molar refractivity (Wildman–Crippen MR) is 133 cm³/mol. The molecular weight excluding hydrogens is 430 g/mol. The van der Waals surface area contributed by atoms with Crippen molar-refractivity contribution in [2.24, 2.45) is 9.50 Å². The number of aromatic nitrogens is 1. The van der Waals surface area contributed by atoms with Crippen molar-refractivity contribution in [3.8, 4) is 0 Å². The predicted octanol–water partition coefficient (Wildman–Crippen LogP) is 5.24. The zero-order chi connectivity index (χ0) is 24.0. The van der Waals surface area contributed by atoms with E-state index in [1.807, 2.05) is 6.92 Å². The van der Waals surface area contributed by atoms with Gasteiger partial charge in [0.05, 0.1) is 23.0 Å². The van der Waals surface area contributed by atoms with E-state index in [4.69, 9.17) is 14.9 Å². The molecule has 6 nitrogen and oxygen atoms in total. The first-order valence-corrected chi connectivity index (χ1v) is 13.2. The van der Waals surface area contributed by atoms with Crippen LogP contribution in [0.15, 0.2) is 33.7 Å². The molecule has 0 amide bonds. The van der Waals surface area contributed by atoms with Gasteiger partial charge in [-0.25, -0.2) is 9.35 Å². The maximum absolute atomic E-state index is 12.8. The summed E-state index contributed by atoms with van der Waals surface area (Å²) in [5.74, 6) is 0.497. The van der Waals surface area contributed by atoms with Crippen molar-refractivity contribution in [1.29, 1.82) is 0 Å². The molecule has 1 aromatic rings. The Morgan fingerprint density at radius 3 is 2.48 bits per heavy atom. The Bertz CT molecular complexity index is 893. The number of thioether (sulfide) groups is 1. The fourth-order valence-corrected chi connectivity index (χ4v) is 5.26. The summed E-state index contributed by atoms with van der Waals surface area (Å²) >= 11 is 1.28. The summed E-state index contributed by atoms with van der Waals surface area (Å²) in [6, 6.07) is 2.07. The minimum Gasteiger partial charge on any atom is -0.386 e. The quantitative estimate of drug-likeness (QED) is 0.462. The summed E-state index contributed by atoms with van der Waals surface area (Å²) in [7, 11) is -1.29. The molecule has 3 N–H and O–H groups in total. The third-order valence-electron chi connectivity index (χ3n) is 4.83. The molecule has 0 bridgehead atoms. The van der Waals surface area contributed by atoms with E-state index in [9.17, 15) is 9.32 Å². The molecule has 1 aromatic heterocycles. The second kappa shape index (κ2) is 11.6. The number of methoxy groups -OCH3 is 1. The Morgan fingerprint density at radius 1 is 1.39 bits per heavy atom. The number of nitrogens with two attached hydrogens (primary N) is 1. The van der Waals surface area contributed by atoms with E-state index in [0.29, 0.717) is 18.7 Å². The molecule has 8 heteroatoms. The normalized spacial score (nSPS) is 14.8. The lowest BCUT2D eigenvalue weighted by atomic mass is 9.89. The summed E-state index contributed by atoms with van der Waals surface area (Å²) in [4.78, 5) is 4.80. The molecular formula is C23H39N3O3S2. The van der Waals surface area contributed by atoms with Gasteiger partial charge in [0.1, 0.15) is 9.92 Å². The molecule has 1 unspecified atom stereocenters. The Morgan fingerprint density at radius 2 is 2.00 bits per heavy atom. The topological polar surface area (TPSA) is 97.8 Å². The van der Waals surface area contributed by atoms with Gasteiger partial charge in [-0.2, -0.15) is 4.36 Å². The molecule has 1 heterocycles. The Balaban J connectivity index is 3.18. The van der Waals surface area contributed by atoms with Gasteiger partial charge < -0.3 is 9.84 Å². The first kappa shape index (κ1) is 27.8. The van der Waals surface area contributed by atoms with E-state index in [2.05, 4.69) is 44.7 Å². The molecule has 31 heavy (non-hydrogen) atoms. The maximum atomic E-state index is 12.8. The summed E-state index contributed by atoms with van der Waals surface area (Å²) in [5, 5.41) is 17.9. The number of hydrogen-bond acceptors (Lipinski definition) is 6. The number of allylic oxidation sites excluding steroid dienone is 1. The third-order valence-corrected chi connectivity index (χ3v) is 7.81. The van der Waals surface area contributed by atoms with Crippen LogP contribution in [0.25, 0.3) is 0 Å². The van der Waals surface area contributed by atoms with Crippen LogP contribution in [0.3, 0.4) is 0 Å². The molecule has 0 saturated carbocycles. The minimum absolute atomic E-state index is 0.124. The molecule has 0 aliphatic heterocycles. The second-order valence-electron chi connectivity index (χ2n) is 8.98. The van der Waals surface area contributed by atoms with Crippen LogP contribution in [0, 0.1) is 0 Å². The highest BCUT2D eigenvalue weighted by Gasteiger charge is 2.19. The first-order chi connectivity index (χ1) is 14.2. The van der Waals surface area contributed by atoms with E-state index >= 15 is 0 Å². The SMILES string of the molecule is C=C(Cc1c(C(C)C)cc(COC)nc1C(C)C)N=S(N)(=O)CS/C=C(\C)C(C)(C)O. The molecule has 0 aliphatic rings. The zero-order valence-corrected chi connectivity index (χ0v) is 21.8. The summed E-state index contributed by atoms with van der Waals surface area (Å²) in [6.45, 7) is 18.2. The van der Waals surface area contributed by atoms with Gasteiger partial charge >= 0.3 is 0 Å². The van der Waals surface area contributed by atoms with E-state index < -0.39 is 15.5 Å². The van der Waals surface area contributed by atoms with Gasteiger partial charge in [-0.05, 0) is 60.8 Å². The fraction of sp³-hybridized carbons (Fsp3) is 0.609. The van der Waals surface area contributed by atoms with E-state index in [1.165, 1.54) is 17.3 Å². The molecule has 0 aliphatic carbocycles. The Labute approximate surface area is 193 Å². The lowest BCUT2D eigenvalue weighted by molar-refractivity contribution is 0.120. The molecule has 0 saturated heterocycles. The van der Waals surface area contributed by atoms with Gasteiger partial charge in [0.25, 0.3) is 0 Å². The number of rotatable bonds is 11. The number of ether oxygens (including phenoxy) is 1.